The third-order valence-corrected chi connectivity index (χ3v) is 2.37. The van der Waals surface area contributed by atoms with Crippen molar-refractivity contribution in [3.63, 3.8) is 0 Å². The second-order valence-electron chi connectivity index (χ2n) is 3.73. The summed E-state index contributed by atoms with van der Waals surface area (Å²) >= 11 is 0. The van der Waals surface area contributed by atoms with E-state index in [2.05, 4.69) is 43.3 Å². The van der Waals surface area contributed by atoms with E-state index in [1.165, 1.54) is 0 Å². The molecular formula is C11H19NO. The zero-order valence-corrected chi connectivity index (χ0v) is 8.73. The van der Waals surface area contributed by atoms with Crippen molar-refractivity contribution in [3.05, 3.63) is 24.3 Å². The second-order valence-corrected chi connectivity index (χ2v) is 3.73. The van der Waals surface area contributed by atoms with Gasteiger partial charge in [-0.1, -0.05) is 24.3 Å². The Balaban J connectivity index is 2.39. The first kappa shape index (κ1) is 10.5. The number of nitrogens with zero attached hydrogens (tertiary/aromatic N) is 1. The van der Waals surface area contributed by atoms with E-state index in [0.29, 0.717) is 5.92 Å². The Morgan fingerprint density at radius 2 is 1.92 bits per heavy atom. The highest BCUT2D eigenvalue weighted by molar-refractivity contribution is 5.15. The predicted octanol–water partition coefficient (Wildman–Crippen LogP) is 1.70. The van der Waals surface area contributed by atoms with E-state index in [4.69, 9.17) is 4.74 Å². The molecule has 1 rings (SSSR count). The fourth-order valence-corrected chi connectivity index (χ4v) is 1.55. The molecule has 0 aromatic heterocycles. The van der Waals surface area contributed by atoms with Crippen LogP contribution in [0.15, 0.2) is 24.3 Å². The maximum Gasteiger partial charge on any atom is 0.0818 e. The maximum absolute atomic E-state index is 5.38. The van der Waals surface area contributed by atoms with Crippen LogP contribution in [-0.2, 0) is 4.74 Å². The van der Waals surface area contributed by atoms with Crippen LogP contribution in [0.2, 0.25) is 0 Å². The third kappa shape index (κ3) is 3.33. The molecule has 0 spiro atoms. The fraction of sp³-hybridized carbons (Fsp3) is 0.636. The lowest BCUT2D eigenvalue weighted by Crippen LogP contribution is -2.25. The van der Waals surface area contributed by atoms with Crippen molar-refractivity contribution in [1.82, 2.24) is 4.90 Å². The molecule has 0 bridgehead atoms. The van der Waals surface area contributed by atoms with Crippen molar-refractivity contribution >= 4 is 0 Å². The Morgan fingerprint density at radius 1 is 1.23 bits per heavy atom. The standard InChI is InChI=1S/C11H19NO/c1-12(2)9-8-10-6-4-5-7-11(10)13-3/h4-7,10-11H,8-9H2,1-3H3. The molecule has 0 aliphatic heterocycles. The summed E-state index contributed by atoms with van der Waals surface area (Å²) in [5.74, 6) is 0.539. The van der Waals surface area contributed by atoms with Gasteiger partial charge in [-0.2, -0.15) is 0 Å². The average molecular weight is 181 g/mol. The van der Waals surface area contributed by atoms with E-state index in [1.807, 2.05) is 0 Å². The summed E-state index contributed by atoms with van der Waals surface area (Å²) < 4.78 is 5.38. The second kappa shape index (κ2) is 5.20. The van der Waals surface area contributed by atoms with Crippen LogP contribution in [0.1, 0.15) is 6.42 Å². The minimum atomic E-state index is 0.268. The Hall–Kier alpha value is -0.600. The van der Waals surface area contributed by atoms with Gasteiger partial charge in [-0.05, 0) is 27.1 Å². The lowest BCUT2D eigenvalue weighted by atomic mass is 9.94. The van der Waals surface area contributed by atoms with Gasteiger partial charge in [0.15, 0.2) is 0 Å². The molecule has 2 heteroatoms. The number of allylic oxidation sites excluding steroid dienone is 2. The van der Waals surface area contributed by atoms with E-state index >= 15 is 0 Å². The predicted molar refractivity (Wildman–Crippen MR) is 55.7 cm³/mol. The fourth-order valence-electron chi connectivity index (χ4n) is 1.55. The molecule has 1 aliphatic carbocycles. The highest BCUT2D eigenvalue weighted by Gasteiger charge is 2.17. The quantitative estimate of drug-likeness (QED) is 0.654. The average Bonchev–Trinajstić information content (AvgIpc) is 2.15. The lowest BCUT2D eigenvalue weighted by molar-refractivity contribution is 0.0991. The minimum absolute atomic E-state index is 0.268. The molecule has 0 N–H and O–H groups in total. The van der Waals surface area contributed by atoms with Gasteiger partial charge in [-0.3, -0.25) is 0 Å². The van der Waals surface area contributed by atoms with Gasteiger partial charge in [0.2, 0.25) is 0 Å². The molecule has 2 atom stereocenters. The molecule has 0 saturated carbocycles. The van der Waals surface area contributed by atoms with Crippen molar-refractivity contribution in [2.75, 3.05) is 27.7 Å². The molecule has 0 aromatic rings. The number of methoxy groups -OCH3 is 1. The van der Waals surface area contributed by atoms with Crippen molar-refractivity contribution in [3.8, 4) is 0 Å². The van der Waals surface area contributed by atoms with Gasteiger partial charge in [-0.15, -0.1) is 0 Å². The molecule has 2 unspecified atom stereocenters. The van der Waals surface area contributed by atoms with Gasteiger partial charge in [0, 0.05) is 13.0 Å². The SMILES string of the molecule is COC1C=CC=CC1CCN(C)C. The van der Waals surface area contributed by atoms with E-state index in [9.17, 15) is 0 Å². The van der Waals surface area contributed by atoms with E-state index < -0.39 is 0 Å². The van der Waals surface area contributed by atoms with Gasteiger partial charge in [0.1, 0.15) is 0 Å². The number of rotatable bonds is 4. The topological polar surface area (TPSA) is 12.5 Å². The van der Waals surface area contributed by atoms with Gasteiger partial charge < -0.3 is 9.64 Å². The van der Waals surface area contributed by atoms with Crippen LogP contribution in [0.25, 0.3) is 0 Å². The molecule has 0 heterocycles. The largest absolute Gasteiger partial charge is 0.377 e. The van der Waals surface area contributed by atoms with Gasteiger partial charge >= 0.3 is 0 Å². The van der Waals surface area contributed by atoms with Crippen LogP contribution >= 0.6 is 0 Å². The van der Waals surface area contributed by atoms with Gasteiger partial charge in [0.25, 0.3) is 0 Å². The number of ether oxygens (including phenoxy) is 1. The molecule has 0 saturated heterocycles. The molecule has 0 radical (unpaired) electrons. The summed E-state index contributed by atoms with van der Waals surface area (Å²) in [6.45, 7) is 1.11. The van der Waals surface area contributed by atoms with Crippen LogP contribution < -0.4 is 0 Å². The van der Waals surface area contributed by atoms with Crippen molar-refractivity contribution in [2.45, 2.75) is 12.5 Å². The lowest BCUT2D eigenvalue weighted by Gasteiger charge is -2.24. The normalized spacial score (nSPS) is 27.1. The van der Waals surface area contributed by atoms with E-state index in [1.54, 1.807) is 7.11 Å². The van der Waals surface area contributed by atoms with Crippen LogP contribution in [0.4, 0.5) is 0 Å². The van der Waals surface area contributed by atoms with Gasteiger partial charge in [-0.25, -0.2) is 0 Å². The molecule has 0 aromatic carbocycles. The van der Waals surface area contributed by atoms with Crippen LogP contribution in [-0.4, -0.2) is 38.8 Å². The summed E-state index contributed by atoms with van der Waals surface area (Å²) in [6.07, 6.45) is 9.95. The third-order valence-electron chi connectivity index (χ3n) is 2.37. The zero-order valence-electron chi connectivity index (χ0n) is 8.73. The van der Waals surface area contributed by atoms with E-state index in [-0.39, 0.29) is 6.10 Å². The minimum Gasteiger partial charge on any atom is -0.377 e. The van der Waals surface area contributed by atoms with Crippen molar-refractivity contribution < 1.29 is 4.74 Å². The smallest absolute Gasteiger partial charge is 0.0818 e. The Labute approximate surface area is 80.9 Å². The zero-order chi connectivity index (χ0) is 9.68. The highest BCUT2D eigenvalue weighted by atomic mass is 16.5. The maximum atomic E-state index is 5.38. The monoisotopic (exact) mass is 181 g/mol. The molecular weight excluding hydrogens is 162 g/mol. The summed E-state index contributed by atoms with van der Waals surface area (Å²) in [6, 6.07) is 0. The molecule has 2 nitrogen and oxygen atoms in total. The van der Waals surface area contributed by atoms with Gasteiger partial charge in [0.05, 0.1) is 6.10 Å². The number of hydrogen-bond donors (Lipinski definition) is 0. The van der Waals surface area contributed by atoms with Crippen LogP contribution in [0.5, 0.6) is 0 Å². The summed E-state index contributed by atoms with van der Waals surface area (Å²) in [7, 11) is 5.98. The summed E-state index contributed by atoms with van der Waals surface area (Å²) in [5.41, 5.74) is 0. The first-order valence-corrected chi connectivity index (χ1v) is 4.76. The molecule has 74 valence electrons. The first-order valence-electron chi connectivity index (χ1n) is 4.76. The Kier molecular flexibility index (Phi) is 4.19. The first-order chi connectivity index (χ1) is 6.24. The molecule has 13 heavy (non-hydrogen) atoms. The van der Waals surface area contributed by atoms with Crippen molar-refractivity contribution in [2.24, 2.45) is 5.92 Å². The van der Waals surface area contributed by atoms with Crippen LogP contribution in [0, 0.1) is 5.92 Å². The Bertz CT molecular complexity index is 196. The van der Waals surface area contributed by atoms with Crippen LogP contribution in [0.3, 0.4) is 0 Å². The number of hydrogen-bond acceptors (Lipinski definition) is 2. The highest BCUT2D eigenvalue weighted by Crippen LogP contribution is 2.18. The molecule has 0 fully saturated rings. The van der Waals surface area contributed by atoms with E-state index in [0.717, 1.165) is 13.0 Å². The molecule has 1 aliphatic rings. The summed E-state index contributed by atoms with van der Waals surface area (Å²) in [4.78, 5) is 2.21. The summed E-state index contributed by atoms with van der Waals surface area (Å²) in [5, 5.41) is 0. The Morgan fingerprint density at radius 3 is 2.54 bits per heavy atom. The van der Waals surface area contributed by atoms with Crippen molar-refractivity contribution in [1.29, 1.82) is 0 Å². The molecule has 0 amide bonds.